The number of nitrogens with zero attached hydrogens (tertiary/aromatic N) is 2. The summed E-state index contributed by atoms with van der Waals surface area (Å²) >= 11 is 0. The van der Waals surface area contributed by atoms with Gasteiger partial charge in [-0.1, -0.05) is 23.4 Å². The van der Waals surface area contributed by atoms with E-state index in [4.69, 9.17) is 10.3 Å². The highest BCUT2D eigenvalue weighted by atomic mass is 16.5. The lowest BCUT2D eigenvalue weighted by Crippen LogP contribution is -2.05. The molecule has 2 N–H and O–H groups in total. The van der Waals surface area contributed by atoms with E-state index in [9.17, 15) is 0 Å². The summed E-state index contributed by atoms with van der Waals surface area (Å²) < 4.78 is 5.07. The molecular weight excluding hydrogens is 214 g/mol. The lowest BCUT2D eigenvalue weighted by molar-refractivity contribution is 0.358. The number of nitrogens with two attached hydrogens (primary N) is 1. The zero-order chi connectivity index (χ0) is 12.4. The molecule has 1 aromatic carbocycles. The Morgan fingerprint density at radius 3 is 2.65 bits per heavy atom. The minimum atomic E-state index is -0.212. The van der Waals surface area contributed by atoms with Gasteiger partial charge in [0.2, 0.25) is 5.89 Å². The Labute approximate surface area is 101 Å². The largest absolute Gasteiger partial charge is 0.338 e. The number of hydrogen-bond acceptors (Lipinski definition) is 4. The van der Waals surface area contributed by atoms with Gasteiger partial charge in [-0.2, -0.15) is 4.98 Å². The average Bonchev–Trinajstić information content (AvgIpc) is 2.72. The van der Waals surface area contributed by atoms with Gasteiger partial charge in [-0.3, -0.25) is 0 Å². The molecule has 0 saturated carbocycles. The van der Waals surface area contributed by atoms with Crippen molar-refractivity contribution < 1.29 is 4.52 Å². The molecule has 0 aliphatic heterocycles. The third-order valence-electron chi connectivity index (χ3n) is 2.81. The molecule has 1 aromatic heterocycles. The predicted octanol–water partition coefficient (Wildman–Crippen LogP) is 2.30. The molecule has 0 unspecified atom stereocenters. The van der Waals surface area contributed by atoms with Crippen molar-refractivity contribution in [3.8, 4) is 0 Å². The molecule has 2 aromatic rings. The van der Waals surface area contributed by atoms with Gasteiger partial charge >= 0.3 is 0 Å². The Balaban J connectivity index is 2.16. The highest BCUT2D eigenvalue weighted by Gasteiger charge is 2.10. The Kier molecular flexibility index (Phi) is 3.24. The van der Waals surface area contributed by atoms with E-state index in [1.54, 1.807) is 0 Å². The summed E-state index contributed by atoms with van der Waals surface area (Å²) in [6.45, 7) is 6.03. The van der Waals surface area contributed by atoms with E-state index in [0.29, 0.717) is 18.1 Å². The highest BCUT2D eigenvalue weighted by Crippen LogP contribution is 2.14. The van der Waals surface area contributed by atoms with Gasteiger partial charge < -0.3 is 10.3 Å². The van der Waals surface area contributed by atoms with Crippen LogP contribution in [0.2, 0.25) is 0 Å². The average molecular weight is 231 g/mol. The normalized spacial score (nSPS) is 12.7. The predicted molar refractivity (Wildman–Crippen MR) is 65.6 cm³/mol. The Bertz CT molecular complexity index is 517. The van der Waals surface area contributed by atoms with Crippen LogP contribution in [-0.4, -0.2) is 10.1 Å². The van der Waals surface area contributed by atoms with Gasteiger partial charge in [0.15, 0.2) is 5.82 Å². The lowest BCUT2D eigenvalue weighted by Gasteiger charge is -2.02. The maximum atomic E-state index is 5.67. The van der Waals surface area contributed by atoms with Crippen molar-refractivity contribution in [1.29, 1.82) is 0 Å². The molecule has 1 heterocycles. The van der Waals surface area contributed by atoms with Crippen molar-refractivity contribution in [2.45, 2.75) is 33.2 Å². The maximum absolute atomic E-state index is 5.67. The van der Waals surface area contributed by atoms with Crippen LogP contribution < -0.4 is 5.73 Å². The fourth-order valence-corrected chi connectivity index (χ4v) is 1.62. The van der Waals surface area contributed by atoms with Gasteiger partial charge in [0.1, 0.15) is 0 Å². The maximum Gasteiger partial charge on any atom is 0.243 e. The third-order valence-corrected chi connectivity index (χ3v) is 2.81. The van der Waals surface area contributed by atoms with Crippen molar-refractivity contribution in [1.82, 2.24) is 10.1 Å². The van der Waals surface area contributed by atoms with Crippen molar-refractivity contribution in [2.75, 3.05) is 0 Å². The van der Waals surface area contributed by atoms with Crippen molar-refractivity contribution in [3.63, 3.8) is 0 Å². The number of hydrogen-bond donors (Lipinski definition) is 1. The second kappa shape index (κ2) is 4.67. The molecule has 0 amide bonds. The Morgan fingerprint density at radius 2 is 2.06 bits per heavy atom. The molecule has 0 radical (unpaired) electrons. The van der Waals surface area contributed by atoms with Crippen molar-refractivity contribution in [2.24, 2.45) is 5.73 Å². The molecule has 0 aliphatic rings. The van der Waals surface area contributed by atoms with E-state index in [-0.39, 0.29) is 6.04 Å². The topological polar surface area (TPSA) is 64.9 Å². The minimum Gasteiger partial charge on any atom is -0.338 e. The molecule has 17 heavy (non-hydrogen) atoms. The summed E-state index contributed by atoms with van der Waals surface area (Å²) in [6.07, 6.45) is 0.678. The van der Waals surface area contributed by atoms with Crippen LogP contribution in [-0.2, 0) is 6.42 Å². The van der Waals surface area contributed by atoms with Crippen LogP contribution in [0.3, 0.4) is 0 Å². The first-order valence-electron chi connectivity index (χ1n) is 5.70. The second-order valence-corrected chi connectivity index (χ2v) is 4.43. The molecule has 4 heteroatoms. The number of aromatic nitrogens is 2. The number of aryl methyl sites for hydroxylation is 2. The number of benzene rings is 1. The molecule has 0 spiro atoms. The van der Waals surface area contributed by atoms with Crippen LogP contribution in [0.25, 0.3) is 0 Å². The standard InChI is InChI=1S/C13H17N3O/c1-8-4-5-11(6-9(8)2)7-12-15-13(10(3)14)17-16-12/h4-6,10H,7,14H2,1-3H3/t10-/m0/s1. The van der Waals surface area contributed by atoms with Gasteiger partial charge in [-0.15, -0.1) is 0 Å². The first-order valence-corrected chi connectivity index (χ1v) is 5.70. The fourth-order valence-electron chi connectivity index (χ4n) is 1.62. The van der Waals surface area contributed by atoms with Gasteiger partial charge in [0, 0.05) is 6.42 Å². The van der Waals surface area contributed by atoms with Crippen LogP contribution in [0.4, 0.5) is 0 Å². The quantitative estimate of drug-likeness (QED) is 0.880. The first-order chi connectivity index (χ1) is 8.06. The third kappa shape index (κ3) is 2.71. The molecule has 1 atom stereocenters. The Hall–Kier alpha value is -1.68. The molecule has 0 aliphatic carbocycles. The molecule has 0 saturated heterocycles. The van der Waals surface area contributed by atoms with Crippen LogP contribution in [0.5, 0.6) is 0 Å². The van der Waals surface area contributed by atoms with Crippen LogP contribution in [0.15, 0.2) is 22.7 Å². The zero-order valence-corrected chi connectivity index (χ0v) is 10.4. The monoisotopic (exact) mass is 231 g/mol. The van der Waals surface area contributed by atoms with Crippen molar-refractivity contribution in [3.05, 3.63) is 46.6 Å². The summed E-state index contributed by atoms with van der Waals surface area (Å²) in [7, 11) is 0. The molecule has 0 bridgehead atoms. The van der Waals surface area contributed by atoms with Gasteiger partial charge in [0.25, 0.3) is 0 Å². The lowest BCUT2D eigenvalue weighted by atomic mass is 10.0. The number of rotatable bonds is 3. The SMILES string of the molecule is Cc1ccc(Cc2noc([C@H](C)N)n2)cc1C. The smallest absolute Gasteiger partial charge is 0.243 e. The highest BCUT2D eigenvalue weighted by molar-refractivity contribution is 5.31. The molecule has 90 valence electrons. The fraction of sp³-hybridized carbons (Fsp3) is 0.385. The summed E-state index contributed by atoms with van der Waals surface area (Å²) in [5.74, 6) is 1.17. The summed E-state index contributed by atoms with van der Waals surface area (Å²) in [6, 6.07) is 6.13. The van der Waals surface area contributed by atoms with Gasteiger partial charge in [-0.25, -0.2) is 0 Å². The van der Waals surface area contributed by atoms with E-state index < -0.39 is 0 Å². The van der Waals surface area contributed by atoms with E-state index in [0.717, 1.165) is 0 Å². The Morgan fingerprint density at radius 1 is 1.29 bits per heavy atom. The summed E-state index contributed by atoms with van der Waals surface area (Å²) in [5, 5.41) is 3.92. The molecule has 0 fully saturated rings. The van der Waals surface area contributed by atoms with E-state index in [1.165, 1.54) is 16.7 Å². The van der Waals surface area contributed by atoms with Gasteiger partial charge in [0.05, 0.1) is 6.04 Å². The zero-order valence-electron chi connectivity index (χ0n) is 10.4. The molecule has 2 rings (SSSR count). The second-order valence-electron chi connectivity index (χ2n) is 4.43. The van der Waals surface area contributed by atoms with Crippen LogP contribution in [0, 0.1) is 13.8 Å². The van der Waals surface area contributed by atoms with E-state index in [1.807, 2.05) is 6.92 Å². The van der Waals surface area contributed by atoms with Crippen molar-refractivity contribution >= 4 is 0 Å². The van der Waals surface area contributed by atoms with Crippen LogP contribution in [0.1, 0.15) is 41.4 Å². The molecule has 4 nitrogen and oxygen atoms in total. The summed E-state index contributed by atoms with van der Waals surface area (Å²) in [4.78, 5) is 4.25. The summed E-state index contributed by atoms with van der Waals surface area (Å²) in [5.41, 5.74) is 9.42. The van der Waals surface area contributed by atoms with E-state index >= 15 is 0 Å². The van der Waals surface area contributed by atoms with Crippen LogP contribution >= 0.6 is 0 Å². The van der Waals surface area contributed by atoms with E-state index in [2.05, 4.69) is 42.2 Å². The van der Waals surface area contributed by atoms with Gasteiger partial charge in [-0.05, 0) is 37.5 Å². The first kappa shape index (κ1) is 11.8. The molecular formula is C13H17N3O. The minimum absolute atomic E-state index is 0.212.